The van der Waals surface area contributed by atoms with Crippen LogP contribution in [0.1, 0.15) is 59.4 Å². The Morgan fingerprint density at radius 2 is 1.68 bits per heavy atom. The number of aromatic nitrogens is 1. The zero-order valence-electron chi connectivity index (χ0n) is 13.0. The van der Waals surface area contributed by atoms with Gasteiger partial charge in [-0.3, -0.25) is 0 Å². The molecule has 1 fully saturated rings. The van der Waals surface area contributed by atoms with E-state index in [1.54, 1.807) is 0 Å². The van der Waals surface area contributed by atoms with E-state index in [2.05, 4.69) is 57.1 Å². The largest absolute Gasteiger partial charge is 0.367 e. The maximum atomic E-state index is 4.58. The highest BCUT2D eigenvalue weighted by Gasteiger charge is 2.24. The zero-order chi connectivity index (χ0) is 14.0. The summed E-state index contributed by atoms with van der Waals surface area (Å²) in [6.45, 7) is 11.4. The Morgan fingerprint density at radius 3 is 2.16 bits per heavy atom. The van der Waals surface area contributed by atoms with Crippen LogP contribution in [0.3, 0.4) is 0 Å². The first-order valence-electron chi connectivity index (χ1n) is 7.57. The number of hydrogen-bond acceptors (Lipinski definition) is 2. The van der Waals surface area contributed by atoms with Crippen molar-refractivity contribution in [3.05, 3.63) is 23.9 Å². The van der Waals surface area contributed by atoms with Crippen molar-refractivity contribution in [1.82, 2.24) is 4.98 Å². The van der Waals surface area contributed by atoms with Gasteiger partial charge in [0.15, 0.2) is 0 Å². The van der Waals surface area contributed by atoms with Gasteiger partial charge in [-0.25, -0.2) is 4.98 Å². The predicted octanol–water partition coefficient (Wildman–Crippen LogP) is 4.62. The molecule has 2 rings (SSSR count). The van der Waals surface area contributed by atoms with Gasteiger partial charge in [0.25, 0.3) is 0 Å². The van der Waals surface area contributed by atoms with E-state index in [1.165, 1.54) is 24.8 Å². The van der Waals surface area contributed by atoms with Gasteiger partial charge in [0, 0.05) is 12.2 Å². The molecule has 106 valence electrons. The molecule has 0 aromatic carbocycles. The van der Waals surface area contributed by atoms with Gasteiger partial charge in [-0.1, -0.05) is 40.7 Å². The minimum Gasteiger partial charge on any atom is -0.367 e. The van der Waals surface area contributed by atoms with E-state index in [4.69, 9.17) is 0 Å². The molecule has 0 amide bonds. The summed E-state index contributed by atoms with van der Waals surface area (Å²) in [6, 6.07) is 4.92. The quantitative estimate of drug-likeness (QED) is 0.839. The summed E-state index contributed by atoms with van der Waals surface area (Å²) in [5.74, 6) is 2.68. The predicted molar refractivity (Wildman–Crippen MR) is 82.5 cm³/mol. The third-order valence-corrected chi connectivity index (χ3v) is 4.16. The molecule has 0 saturated heterocycles. The lowest BCUT2D eigenvalue weighted by Gasteiger charge is -2.32. The van der Waals surface area contributed by atoms with Gasteiger partial charge in [0.05, 0.1) is 0 Å². The number of rotatable bonds is 2. The number of nitrogens with one attached hydrogen (secondary N) is 1. The fraction of sp³-hybridized carbons (Fsp3) is 0.706. The first kappa shape index (κ1) is 14.4. The average molecular weight is 260 g/mol. The molecule has 2 nitrogen and oxygen atoms in total. The first-order valence-corrected chi connectivity index (χ1v) is 7.57. The summed E-state index contributed by atoms with van der Waals surface area (Å²) in [6.07, 6.45) is 5.92. The highest BCUT2D eigenvalue weighted by molar-refractivity contribution is 5.38. The minimum atomic E-state index is 0.180. The van der Waals surface area contributed by atoms with Gasteiger partial charge in [0.2, 0.25) is 0 Å². The normalized spacial score (nSPS) is 28.2. The van der Waals surface area contributed by atoms with E-state index >= 15 is 0 Å². The summed E-state index contributed by atoms with van der Waals surface area (Å²) in [5, 5.41) is 3.61. The van der Waals surface area contributed by atoms with Crippen LogP contribution in [-0.2, 0) is 5.41 Å². The van der Waals surface area contributed by atoms with Crippen LogP contribution in [0.15, 0.2) is 18.3 Å². The standard InChI is InChI=1S/C17H28N2/c1-12-8-13(2)10-15(9-12)19-16-7-6-14(11-18-16)17(3,4)5/h6-7,11-13,15H,8-10H2,1-5H3,(H,18,19). The number of hydrogen-bond donors (Lipinski definition) is 1. The smallest absolute Gasteiger partial charge is 0.126 e. The fourth-order valence-corrected chi connectivity index (χ4v) is 3.20. The average Bonchev–Trinajstić information content (AvgIpc) is 2.26. The molecule has 1 N–H and O–H groups in total. The lowest BCUT2D eigenvalue weighted by molar-refractivity contribution is 0.280. The van der Waals surface area contributed by atoms with E-state index in [0.29, 0.717) is 6.04 Å². The molecule has 1 heterocycles. The van der Waals surface area contributed by atoms with Crippen molar-refractivity contribution in [1.29, 1.82) is 0 Å². The Kier molecular flexibility index (Phi) is 4.17. The van der Waals surface area contributed by atoms with Gasteiger partial charge >= 0.3 is 0 Å². The molecule has 2 heteroatoms. The molecule has 1 aliphatic rings. The van der Waals surface area contributed by atoms with Crippen LogP contribution >= 0.6 is 0 Å². The van der Waals surface area contributed by atoms with Crippen molar-refractivity contribution >= 4 is 5.82 Å². The maximum absolute atomic E-state index is 4.58. The molecule has 0 bridgehead atoms. The van der Waals surface area contributed by atoms with Crippen molar-refractivity contribution < 1.29 is 0 Å². The second-order valence-electron chi connectivity index (χ2n) is 7.44. The Labute approximate surface area is 118 Å². The lowest BCUT2D eigenvalue weighted by atomic mass is 9.80. The second-order valence-corrected chi connectivity index (χ2v) is 7.44. The van der Waals surface area contributed by atoms with Gasteiger partial charge in [-0.2, -0.15) is 0 Å². The van der Waals surface area contributed by atoms with E-state index in [0.717, 1.165) is 17.7 Å². The van der Waals surface area contributed by atoms with E-state index in [1.807, 2.05) is 6.20 Å². The topological polar surface area (TPSA) is 24.9 Å². The van der Waals surface area contributed by atoms with Crippen LogP contribution in [0, 0.1) is 11.8 Å². The maximum Gasteiger partial charge on any atom is 0.126 e. The number of anilines is 1. The molecule has 19 heavy (non-hydrogen) atoms. The molecule has 0 spiro atoms. The molecule has 2 unspecified atom stereocenters. The van der Waals surface area contributed by atoms with Crippen LogP contribution in [-0.4, -0.2) is 11.0 Å². The molecule has 1 aromatic heterocycles. The number of pyridine rings is 1. The van der Waals surface area contributed by atoms with Crippen molar-refractivity contribution in [2.75, 3.05) is 5.32 Å². The van der Waals surface area contributed by atoms with Gasteiger partial charge < -0.3 is 5.32 Å². The van der Waals surface area contributed by atoms with E-state index in [9.17, 15) is 0 Å². The molecular weight excluding hydrogens is 232 g/mol. The molecular formula is C17H28N2. The van der Waals surface area contributed by atoms with Crippen LogP contribution in [0.2, 0.25) is 0 Å². The van der Waals surface area contributed by atoms with Crippen LogP contribution in [0.4, 0.5) is 5.82 Å². The van der Waals surface area contributed by atoms with Crippen molar-refractivity contribution in [3.63, 3.8) is 0 Å². The summed E-state index contributed by atoms with van der Waals surface area (Å²) in [4.78, 5) is 4.58. The number of nitrogens with zero attached hydrogens (tertiary/aromatic N) is 1. The molecule has 1 aliphatic carbocycles. The van der Waals surface area contributed by atoms with Gasteiger partial charge in [0.1, 0.15) is 5.82 Å². The molecule has 1 aromatic rings. The Bertz CT molecular complexity index is 392. The summed E-state index contributed by atoms with van der Waals surface area (Å²) >= 11 is 0. The third-order valence-electron chi connectivity index (χ3n) is 4.16. The Balaban J connectivity index is 1.99. The van der Waals surface area contributed by atoms with E-state index < -0.39 is 0 Å². The second kappa shape index (κ2) is 5.52. The summed E-state index contributed by atoms with van der Waals surface area (Å²) < 4.78 is 0. The summed E-state index contributed by atoms with van der Waals surface area (Å²) in [7, 11) is 0. The van der Waals surface area contributed by atoms with Crippen molar-refractivity contribution in [2.45, 2.75) is 65.3 Å². The van der Waals surface area contributed by atoms with Gasteiger partial charge in [-0.05, 0) is 48.1 Å². The Hall–Kier alpha value is -1.05. The zero-order valence-corrected chi connectivity index (χ0v) is 13.0. The molecule has 0 radical (unpaired) electrons. The fourth-order valence-electron chi connectivity index (χ4n) is 3.20. The first-order chi connectivity index (χ1) is 8.84. The minimum absolute atomic E-state index is 0.180. The van der Waals surface area contributed by atoms with Crippen molar-refractivity contribution in [2.24, 2.45) is 11.8 Å². The van der Waals surface area contributed by atoms with Gasteiger partial charge in [-0.15, -0.1) is 0 Å². The molecule has 0 aliphatic heterocycles. The third kappa shape index (κ3) is 3.95. The molecule has 2 atom stereocenters. The highest BCUT2D eigenvalue weighted by Crippen LogP contribution is 2.30. The van der Waals surface area contributed by atoms with Crippen LogP contribution < -0.4 is 5.32 Å². The van der Waals surface area contributed by atoms with E-state index in [-0.39, 0.29) is 5.41 Å². The summed E-state index contributed by atoms with van der Waals surface area (Å²) in [5.41, 5.74) is 1.47. The highest BCUT2D eigenvalue weighted by atomic mass is 15.0. The van der Waals surface area contributed by atoms with Crippen molar-refractivity contribution in [3.8, 4) is 0 Å². The lowest BCUT2D eigenvalue weighted by Crippen LogP contribution is -2.30. The monoisotopic (exact) mass is 260 g/mol. The SMILES string of the molecule is CC1CC(C)CC(Nc2ccc(C(C)(C)C)cn2)C1. The van der Waals surface area contributed by atoms with Crippen LogP contribution in [0.5, 0.6) is 0 Å². The Morgan fingerprint density at radius 1 is 1.05 bits per heavy atom. The van der Waals surface area contributed by atoms with Crippen LogP contribution in [0.25, 0.3) is 0 Å². The molecule has 1 saturated carbocycles.